The second kappa shape index (κ2) is 10.8. The molecule has 4 unspecified atom stereocenters. The predicted molar refractivity (Wildman–Crippen MR) is 131 cm³/mol. The highest BCUT2D eigenvalue weighted by Gasteiger charge is 2.58. The summed E-state index contributed by atoms with van der Waals surface area (Å²) < 4.78 is 12.9. The first kappa shape index (κ1) is 24.0. The molecule has 168 valence electrons. The third-order valence-electron chi connectivity index (χ3n) is 6.11. The maximum absolute atomic E-state index is 12.9. The van der Waals surface area contributed by atoms with Crippen LogP contribution in [0.5, 0.6) is 0 Å². The number of imide groups is 1. The molecular weight excluding hydrogens is 530 g/mol. The Kier molecular flexibility index (Phi) is 8.37. The largest absolute Gasteiger partial charge is 0.356 e. The lowest BCUT2D eigenvalue weighted by Gasteiger charge is -2.18. The molecule has 0 radical (unpaired) electrons. The van der Waals surface area contributed by atoms with Gasteiger partial charge in [0.2, 0.25) is 11.8 Å². The van der Waals surface area contributed by atoms with E-state index in [-0.39, 0.29) is 65.3 Å². The first-order valence-electron chi connectivity index (χ1n) is 10.4. The van der Waals surface area contributed by atoms with Crippen LogP contribution in [0.4, 0.5) is 4.39 Å². The second-order valence-electron chi connectivity index (χ2n) is 7.91. The number of allylic oxidation sites excluding steroid dienone is 2. The van der Waals surface area contributed by atoms with Crippen LogP contribution < -0.4 is 10.6 Å². The number of amides is 2. The highest BCUT2D eigenvalue weighted by Crippen LogP contribution is 2.52. The van der Waals surface area contributed by atoms with E-state index in [0.717, 1.165) is 30.0 Å². The van der Waals surface area contributed by atoms with Gasteiger partial charge in [-0.2, -0.15) is 0 Å². The molecule has 9 heteroatoms. The average molecular weight is 558 g/mol. The van der Waals surface area contributed by atoms with E-state index in [9.17, 15) is 14.0 Å². The third kappa shape index (κ3) is 5.24. The number of nitrogens with zero attached hydrogens (tertiary/aromatic N) is 2. The van der Waals surface area contributed by atoms with Crippen molar-refractivity contribution >= 4 is 53.5 Å². The van der Waals surface area contributed by atoms with E-state index < -0.39 is 0 Å². The molecule has 2 bridgehead atoms. The van der Waals surface area contributed by atoms with Gasteiger partial charge in [0.05, 0.1) is 11.8 Å². The van der Waals surface area contributed by atoms with Crippen LogP contribution in [-0.4, -0.2) is 55.1 Å². The molecule has 6 nitrogen and oxygen atoms in total. The van der Waals surface area contributed by atoms with E-state index in [0.29, 0.717) is 19.0 Å². The van der Waals surface area contributed by atoms with Gasteiger partial charge in [-0.3, -0.25) is 19.5 Å². The maximum atomic E-state index is 12.9. The number of aliphatic imine (C=N–C) groups is 1. The molecule has 2 aliphatic carbocycles. The minimum absolute atomic E-state index is 0. The number of thioether (sulfide) groups is 1. The molecule has 1 aromatic carbocycles. The summed E-state index contributed by atoms with van der Waals surface area (Å²) in [5, 5.41) is 6.43. The van der Waals surface area contributed by atoms with E-state index in [1.54, 1.807) is 30.9 Å². The first-order chi connectivity index (χ1) is 14.6. The van der Waals surface area contributed by atoms with Crippen molar-refractivity contribution in [2.24, 2.45) is 28.7 Å². The van der Waals surface area contributed by atoms with E-state index >= 15 is 0 Å². The summed E-state index contributed by atoms with van der Waals surface area (Å²) >= 11 is 1.68. The highest BCUT2D eigenvalue weighted by atomic mass is 127. The summed E-state index contributed by atoms with van der Waals surface area (Å²) in [5.74, 6) is 1.54. The summed E-state index contributed by atoms with van der Waals surface area (Å²) in [6, 6.07) is 6.50. The van der Waals surface area contributed by atoms with Gasteiger partial charge in [0.15, 0.2) is 5.96 Å². The fourth-order valence-corrected chi connectivity index (χ4v) is 5.54. The number of guanidine groups is 1. The van der Waals surface area contributed by atoms with Gasteiger partial charge in [0.25, 0.3) is 0 Å². The second-order valence-corrected chi connectivity index (χ2v) is 9.08. The van der Waals surface area contributed by atoms with Gasteiger partial charge in [-0.15, -0.1) is 35.7 Å². The SMILES string of the molecule is CN=C(NCCCSc1ccc(F)cc1)NCCN1C(=O)C2C3C=CC(C3)C2C1=O.I. The van der Waals surface area contributed by atoms with Crippen LogP contribution in [0.25, 0.3) is 0 Å². The number of halogens is 2. The highest BCUT2D eigenvalue weighted by molar-refractivity contribution is 14.0. The fourth-order valence-electron chi connectivity index (χ4n) is 4.69. The number of carbonyl (C=O) groups is 2. The van der Waals surface area contributed by atoms with Crippen LogP contribution in [0, 0.1) is 29.5 Å². The van der Waals surface area contributed by atoms with Crippen molar-refractivity contribution < 1.29 is 14.0 Å². The molecule has 2 fully saturated rings. The Labute approximate surface area is 203 Å². The summed E-state index contributed by atoms with van der Waals surface area (Å²) in [6.07, 6.45) is 6.09. The maximum Gasteiger partial charge on any atom is 0.233 e. The van der Waals surface area contributed by atoms with Gasteiger partial charge in [0, 0.05) is 31.6 Å². The van der Waals surface area contributed by atoms with Crippen molar-refractivity contribution in [1.82, 2.24) is 15.5 Å². The minimum Gasteiger partial charge on any atom is -0.356 e. The van der Waals surface area contributed by atoms with Gasteiger partial charge in [-0.1, -0.05) is 12.2 Å². The molecule has 0 spiro atoms. The lowest BCUT2D eigenvalue weighted by molar-refractivity contribution is -0.140. The van der Waals surface area contributed by atoms with E-state index in [1.165, 1.54) is 17.0 Å². The van der Waals surface area contributed by atoms with Gasteiger partial charge >= 0.3 is 0 Å². The Morgan fingerprint density at radius 2 is 1.71 bits per heavy atom. The Morgan fingerprint density at radius 3 is 2.32 bits per heavy atom. The number of carbonyl (C=O) groups excluding carboxylic acids is 2. The van der Waals surface area contributed by atoms with Crippen LogP contribution >= 0.6 is 35.7 Å². The molecule has 1 saturated heterocycles. The number of benzene rings is 1. The Hall–Kier alpha value is -1.62. The molecule has 31 heavy (non-hydrogen) atoms. The van der Waals surface area contributed by atoms with Crippen molar-refractivity contribution in [3.63, 3.8) is 0 Å². The molecule has 1 heterocycles. The van der Waals surface area contributed by atoms with Gasteiger partial charge in [0.1, 0.15) is 5.82 Å². The minimum atomic E-state index is -0.222. The van der Waals surface area contributed by atoms with Gasteiger partial charge in [-0.25, -0.2) is 4.39 Å². The zero-order valence-electron chi connectivity index (χ0n) is 17.4. The number of hydrogen-bond acceptors (Lipinski definition) is 4. The number of rotatable bonds is 8. The monoisotopic (exact) mass is 558 g/mol. The molecule has 1 aromatic rings. The summed E-state index contributed by atoms with van der Waals surface area (Å²) in [6.45, 7) is 1.59. The average Bonchev–Trinajstić information content (AvgIpc) is 3.43. The molecule has 2 amide bonds. The molecule has 1 aliphatic heterocycles. The van der Waals surface area contributed by atoms with Crippen molar-refractivity contribution in [2.75, 3.05) is 32.4 Å². The Balaban J connectivity index is 0.00000272. The number of likely N-dealkylation sites (tertiary alicyclic amines) is 1. The predicted octanol–water partition coefficient (Wildman–Crippen LogP) is 2.90. The van der Waals surface area contributed by atoms with Crippen LogP contribution in [0.15, 0.2) is 46.3 Å². The van der Waals surface area contributed by atoms with Crippen molar-refractivity contribution in [3.05, 3.63) is 42.2 Å². The van der Waals surface area contributed by atoms with Crippen LogP contribution in [0.1, 0.15) is 12.8 Å². The lowest BCUT2D eigenvalue weighted by Crippen LogP contribution is -2.44. The van der Waals surface area contributed by atoms with Crippen LogP contribution in [0.2, 0.25) is 0 Å². The van der Waals surface area contributed by atoms with Crippen molar-refractivity contribution in [2.45, 2.75) is 17.7 Å². The number of nitrogens with one attached hydrogen (secondary N) is 2. The summed E-state index contributed by atoms with van der Waals surface area (Å²) in [7, 11) is 1.70. The van der Waals surface area contributed by atoms with Crippen LogP contribution in [0.3, 0.4) is 0 Å². The topological polar surface area (TPSA) is 73.8 Å². The van der Waals surface area contributed by atoms with E-state index in [1.807, 2.05) is 0 Å². The first-order valence-corrected chi connectivity index (χ1v) is 11.4. The summed E-state index contributed by atoms with van der Waals surface area (Å²) in [4.78, 5) is 32.0. The normalized spacial score (nSPS) is 26.3. The van der Waals surface area contributed by atoms with Crippen molar-refractivity contribution in [3.8, 4) is 0 Å². The molecule has 2 N–H and O–H groups in total. The van der Waals surface area contributed by atoms with Crippen LogP contribution in [-0.2, 0) is 9.59 Å². The summed E-state index contributed by atoms with van der Waals surface area (Å²) in [5.41, 5.74) is 0. The van der Waals surface area contributed by atoms with E-state index in [2.05, 4.69) is 27.8 Å². The lowest BCUT2D eigenvalue weighted by atomic mass is 9.85. The Morgan fingerprint density at radius 1 is 1.10 bits per heavy atom. The zero-order valence-corrected chi connectivity index (χ0v) is 20.6. The fraction of sp³-hybridized carbons (Fsp3) is 0.500. The standard InChI is InChI=1S/C22H27FN4O2S.HI/c1-24-22(25-9-2-12-30-17-7-5-16(23)6-8-17)26-10-11-27-20(28)18-14-3-4-15(13-14)19(18)21(27)29;/h3-8,14-15,18-19H,2,9-13H2,1H3,(H2,24,25,26);1H. The molecule has 1 saturated carbocycles. The number of fused-ring (bicyclic) bond motifs is 5. The Bertz CT molecular complexity index is 834. The molecular formula is C22H28FIN4O2S. The molecule has 0 aromatic heterocycles. The smallest absolute Gasteiger partial charge is 0.233 e. The molecule has 4 atom stereocenters. The molecule has 3 aliphatic rings. The molecule has 4 rings (SSSR count). The van der Waals surface area contributed by atoms with E-state index in [4.69, 9.17) is 0 Å². The van der Waals surface area contributed by atoms with Crippen molar-refractivity contribution in [1.29, 1.82) is 0 Å². The zero-order chi connectivity index (χ0) is 21.1. The quantitative estimate of drug-likeness (QED) is 0.0977. The number of hydrogen-bond donors (Lipinski definition) is 2. The van der Waals surface area contributed by atoms with Gasteiger partial charge in [-0.05, 0) is 54.7 Å². The third-order valence-corrected chi connectivity index (χ3v) is 7.21. The van der Waals surface area contributed by atoms with Gasteiger partial charge < -0.3 is 10.6 Å².